The average Bonchev–Trinajstić information content (AvgIpc) is 3.07. The molecule has 136 valence electrons. The number of rotatable bonds is 6. The molecule has 1 heterocycles. The summed E-state index contributed by atoms with van der Waals surface area (Å²) < 4.78 is 11.9. The molecule has 0 saturated heterocycles. The van der Waals surface area contributed by atoms with Crippen LogP contribution in [0.15, 0.2) is 42.5 Å². The number of aryl methyl sites for hydroxylation is 1. The smallest absolute Gasteiger partial charge is 0.414 e. The second-order valence-corrected chi connectivity index (χ2v) is 7.58. The highest BCUT2D eigenvalue weighted by Crippen LogP contribution is 2.28. The monoisotopic (exact) mass is 388 g/mol. The van der Waals surface area contributed by atoms with Crippen LogP contribution in [0.25, 0.3) is 10.2 Å². The molecule has 2 aromatic carbocycles. The molecule has 0 spiro atoms. The van der Waals surface area contributed by atoms with Crippen LogP contribution < -0.4 is 9.64 Å². The SMILES string of the molecule is COC(=O)N(CSC)c1ccc(OCc2nc3ccccc3s2)cc1C. The number of ether oxygens (including phenoxy) is 2. The van der Waals surface area contributed by atoms with Gasteiger partial charge in [0.05, 0.1) is 28.9 Å². The highest BCUT2D eigenvalue weighted by atomic mass is 32.2. The van der Waals surface area contributed by atoms with E-state index in [0.717, 1.165) is 32.2 Å². The lowest BCUT2D eigenvalue weighted by atomic mass is 10.2. The highest BCUT2D eigenvalue weighted by Gasteiger charge is 2.18. The molecule has 0 unspecified atom stereocenters. The molecule has 7 heteroatoms. The Labute approximate surface area is 160 Å². The Hall–Kier alpha value is -2.25. The van der Waals surface area contributed by atoms with Gasteiger partial charge in [0.25, 0.3) is 0 Å². The van der Waals surface area contributed by atoms with Crippen molar-refractivity contribution in [1.82, 2.24) is 4.98 Å². The topological polar surface area (TPSA) is 51.7 Å². The van der Waals surface area contributed by atoms with Gasteiger partial charge in [0.2, 0.25) is 0 Å². The molecular weight excluding hydrogens is 368 g/mol. The number of carbonyl (C=O) groups excluding carboxylic acids is 1. The zero-order valence-electron chi connectivity index (χ0n) is 14.9. The molecule has 0 saturated carbocycles. The Balaban J connectivity index is 1.73. The number of hydrogen-bond acceptors (Lipinski definition) is 6. The van der Waals surface area contributed by atoms with E-state index >= 15 is 0 Å². The van der Waals surface area contributed by atoms with Crippen molar-refractivity contribution < 1.29 is 14.3 Å². The number of carbonyl (C=O) groups is 1. The number of benzene rings is 2. The minimum Gasteiger partial charge on any atom is -0.486 e. The average molecular weight is 389 g/mol. The molecule has 0 fully saturated rings. The molecule has 0 bridgehead atoms. The number of thiazole rings is 1. The number of para-hydroxylation sites is 1. The molecular formula is C19H20N2O3S2. The van der Waals surface area contributed by atoms with Crippen molar-refractivity contribution in [2.45, 2.75) is 13.5 Å². The molecule has 0 aliphatic carbocycles. The third-order valence-corrected chi connectivity index (χ3v) is 5.34. The van der Waals surface area contributed by atoms with Gasteiger partial charge in [0.1, 0.15) is 17.4 Å². The molecule has 26 heavy (non-hydrogen) atoms. The number of hydrogen-bond donors (Lipinski definition) is 0. The van der Waals surface area contributed by atoms with E-state index in [2.05, 4.69) is 11.1 Å². The molecule has 1 aromatic heterocycles. The van der Waals surface area contributed by atoms with Crippen molar-refractivity contribution in [2.24, 2.45) is 0 Å². The summed E-state index contributed by atoms with van der Waals surface area (Å²) in [5.74, 6) is 1.28. The quantitative estimate of drug-likeness (QED) is 0.551. The van der Waals surface area contributed by atoms with Gasteiger partial charge in [0, 0.05) is 0 Å². The third-order valence-electron chi connectivity index (χ3n) is 3.81. The highest BCUT2D eigenvalue weighted by molar-refractivity contribution is 7.98. The van der Waals surface area contributed by atoms with Crippen LogP contribution >= 0.6 is 23.1 Å². The molecule has 0 atom stereocenters. The summed E-state index contributed by atoms with van der Waals surface area (Å²) in [5.41, 5.74) is 2.76. The van der Waals surface area contributed by atoms with Crippen LogP contribution in [0.3, 0.4) is 0 Å². The Morgan fingerprint density at radius 2 is 2.08 bits per heavy atom. The van der Waals surface area contributed by atoms with Gasteiger partial charge in [0.15, 0.2) is 0 Å². The Morgan fingerprint density at radius 3 is 2.77 bits per heavy atom. The summed E-state index contributed by atoms with van der Waals surface area (Å²) in [6.07, 6.45) is 1.58. The maximum absolute atomic E-state index is 12.0. The molecule has 0 aliphatic heterocycles. The number of fused-ring (bicyclic) bond motifs is 1. The van der Waals surface area contributed by atoms with E-state index in [1.807, 2.05) is 49.6 Å². The molecule has 0 radical (unpaired) electrons. The first-order valence-corrected chi connectivity index (χ1v) is 10.3. The van der Waals surface area contributed by atoms with Crippen molar-refractivity contribution in [3.05, 3.63) is 53.0 Å². The number of aromatic nitrogens is 1. The number of amides is 1. The van der Waals surface area contributed by atoms with Crippen LogP contribution in [0.4, 0.5) is 10.5 Å². The van der Waals surface area contributed by atoms with Crippen LogP contribution in [-0.2, 0) is 11.3 Å². The minimum atomic E-state index is -0.370. The van der Waals surface area contributed by atoms with E-state index in [-0.39, 0.29) is 6.09 Å². The molecule has 1 amide bonds. The lowest BCUT2D eigenvalue weighted by Gasteiger charge is -2.22. The van der Waals surface area contributed by atoms with Crippen LogP contribution in [0.1, 0.15) is 10.6 Å². The summed E-state index contributed by atoms with van der Waals surface area (Å²) in [5, 5.41) is 0.937. The molecule has 0 aliphatic rings. The fraction of sp³-hybridized carbons (Fsp3) is 0.263. The van der Waals surface area contributed by atoms with Crippen molar-refractivity contribution in [1.29, 1.82) is 0 Å². The van der Waals surface area contributed by atoms with Gasteiger partial charge >= 0.3 is 6.09 Å². The van der Waals surface area contributed by atoms with Gasteiger partial charge < -0.3 is 9.47 Å². The van der Waals surface area contributed by atoms with E-state index in [1.165, 1.54) is 7.11 Å². The van der Waals surface area contributed by atoms with E-state index in [0.29, 0.717) is 12.5 Å². The number of methoxy groups -OCH3 is 1. The van der Waals surface area contributed by atoms with Crippen LogP contribution in [-0.4, -0.2) is 30.3 Å². The molecule has 3 aromatic rings. The summed E-state index contributed by atoms with van der Waals surface area (Å²) in [6, 6.07) is 13.7. The van der Waals surface area contributed by atoms with Crippen molar-refractivity contribution in [2.75, 3.05) is 24.1 Å². The maximum Gasteiger partial charge on any atom is 0.414 e. The predicted octanol–water partition coefficient (Wildman–Crippen LogP) is 5.08. The van der Waals surface area contributed by atoms with Gasteiger partial charge in [-0.2, -0.15) is 0 Å². The third kappa shape index (κ3) is 4.11. The van der Waals surface area contributed by atoms with E-state index < -0.39 is 0 Å². The largest absolute Gasteiger partial charge is 0.486 e. The number of anilines is 1. The second-order valence-electron chi connectivity index (χ2n) is 5.63. The van der Waals surface area contributed by atoms with Crippen molar-refractivity contribution in [3.63, 3.8) is 0 Å². The van der Waals surface area contributed by atoms with Crippen molar-refractivity contribution in [3.8, 4) is 5.75 Å². The summed E-state index contributed by atoms with van der Waals surface area (Å²) in [6.45, 7) is 2.37. The van der Waals surface area contributed by atoms with Gasteiger partial charge in [-0.25, -0.2) is 9.78 Å². The molecule has 5 nitrogen and oxygen atoms in total. The summed E-state index contributed by atoms with van der Waals surface area (Å²) in [4.78, 5) is 18.2. The normalized spacial score (nSPS) is 10.7. The van der Waals surface area contributed by atoms with Gasteiger partial charge in [-0.05, 0) is 49.1 Å². The van der Waals surface area contributed by atoms with E-state index in [1.54, 1.807) is 28.0 Å². The minimum absolute atomic E-state index is 0.370. The summed E-state index contributed by atoms with van der Waals surface area (Å²) >= 11 is 3.19. The Bertz CT molecular complexity index is 878. The fourth-order valence-corrected chi connectivity index (χ4v) is 3.99. The second kappa shape index (κ2) is 8.42. The first kappa shape index (κ1) is 18.5. The van der Waals surface area contributed by atoms with Gasteiger partial charge in [-0.1, -0.05) is 12.1 Å². The van der Waals surface area contributed by atoms with Crippen molar-refractivity contribution >= 4 is 45.1 Å². The van der Waals surface area contributed by atoms with E-state index in [4.69, 9.17) is 9.47 Å². The molecule has 3 rings (SSSR count). The lowest BCUT2D eigenvalue weighted by molar-refractivity contribution is 0.180. The van der Waals surface area contributed by atoms with Gasteiger partial charge in [-0.15, -0.1) is 23.1 Å². The zero-order chi connectivity index (χ0) is 18.5. The first-order chi connectivity index (χ1) is 12.6. The number of nitrogens with zero attached hydrogens (tertiary/aromatic N) is 2. The fourth-order valence-electron chi connectivity index (χ4n) is 2.61. The Kier molecular flexibility index (Phi) is 6.00. The zero-order valence-corrected chi connectivity index (χ0v) is 16.5. The first-order valence-electron chi connectivity index (χ1n) is 8.04. The molecule has 0 N–H and O–H groups in total. The van der Waals surface area contributed by atoms with Crippen LogP contribution in [0.2, 0.25) is 0 Å². The summed E-state index contributed by atoms with van der Waals surface area (Å²) in [7, 11) is 1.39. The maximum atomic E-state index is 12.0. The van der Waals surface area contributed by atoms with Crippen LogP contribution in [0.5, 0.6) is 5.75 Å². The van der Waals surface area contributed by atoms with Crippen LogP contribution in [0, 0.1) is 6.92 Å². The van der Waals surface area contributed by atoms with E-state index in [9.17, 15) is 4.79 Å². The Morgan fingerprint density at radius 1 is 1.27 bits per heavy atom. The number of thioether (sulfide) groups is 1. The lowest BCUT2D eigenvalue weighted by Crippen LogP contribution is -2.30. The standard InChI is InChI=1S/C19H20N2O3S2/c1-13-10-14(8-9-16(13)21(12-25-3)19(22)23-2)24-11-18-20-15-6-4-5-7-17(15)26-18/h4-10H,11-12H2,1-3H3. The predicted molar refractivity (Wildman–Crippen MR) is 108 cm³/mol. The van der Waals surface area contributed by atoms with Gasteiger partial charge in [-0.3, -0.25) is 4.90 Å².